The number of pyridine rings is 1. The Morgan fingerprint density at radius 2 is 2.11 bits per heavy atom. The van der Waals surface area contributed by atoms with Gasteiger partial charge in [0, 0.05) is 21.3 Å². The van der Waals surface area contributed by atoms with E-state index in [9.17, 15) is 0 Å². The maximum Gasteiger partial charge on any atom is 0.127 e. The predicted octanol–water partition coefficient (Wildman–Crippen LogP) is 4.68. The number of rotatable bonds is 3. The van der Waals surface area contributed by atoms with Gasteiger partial charge in [0.25, 0.3) is 0 Å². The van der Waals surface area contributed by atoms with Crippen LogP contribution < -0.4 is 4.74 Å². The first-order valence-electron chi connectivity index (χ1n) is 5.33. The largest absolute Gasteiger partial charge is 0.496 e. The zero-order chi connectivity index (χ0) is 13.0. The Hall–Kier alpha value is -1.32. The Labute approximate surface area is 119 Å². The summed E-state index contributed by atoms with van der Waals surface area (Å²) >= 11 is 9.36. The van der Waals surface area contributed by atoms with Gasteiger partial charge < -0.3 is 4.74 Å². The predicted molar refractivity (Wildman–Crippen MR) is 78.9 cm³/mol. The number of methoxy groups -OCH3 is 1. The van der Waals surface area contributed by atoms with E-state index in [1.165, 1.54) is 0 Å². The smallest absolute Gasteiger partial charge is 0.127 e. The van der Waals surface area contributed by atoms with Crippen LogP contribution in [-0.2, 0) is 0 Å². The van der Waals surface area contributed by atoms with Gasteiger partial charge in [-0.05, 0) is 58.4 Å². The van der Waals surface area contributed by atoms with Crippen LogP contribution in [0, 0.1) is 0 Å². The van der Waals surface area contributed by atoms with Gasteiger partial charge in [-0.2, -0.15) is 0 Å². The normalized spacial score (nSPS) is 10.8. The molecule has 0 amide bonds. The van der Waals surface area contributed by atoms with Gasteiger partial charge in [0.05, 0.1) is 12.8 Å². The van der Waals surface area contributed by atoms with Gasteiger partial charge in [0.1, 0.15) is 5.75 Å². The minimum atomic E-state index is 0.656. The van der Waals surface area contributed by atoms with Crippen molar-refractivity contribution in [3.8, 4) is 5.75 Å². The Morgan fingerprint density at radius 3 is 2.83 bits per heavy atom. The van der Waals surface area contributed by atoms with Crippen LogP contribution in [0.25, 0.3) is 12.2 Å². The molecule has 2 nitrogen and oxygen atoms in total. The third-order valence-electron chi connectivity index (χ3n) is 2.40. The van der Waals surface area contributed by atoms with E-state index in [1.54, 1.807) is 19.4 Å². The first kappa shape index (κ1) is 13.1. The highest BCUT2D eigenvalue weighted by Gasteiger charge is 2.01. The van der Waals surface area contributed by atoms with Crippen molar-refractivity contribution < 1.29 is 4.74 Å². The third kappa shape index (κ3) is 3.12. The fourth-order valence-corrected chi connectivity index (χ4v) is 2.06. The van der Waals surface area contributed by atoms with Gasteiger partial charge in [-0.1, -0.05) is 11.6 Å². The van der Waals surface area contributed by atoms with Crippen molar-refractivity contribution in [2.75, 3.05) is 7.11 Å². The van der Waals surface area contributed by atoms with Crippen LogP contribution in [0.2, 0.25) is 5.02 Å². The van der Waals surface area contributed by atoms with Gasteiger partial charge in [0.15, 0.2) is 0 Å². The summed E-state index contributed by atoms with van der Waals surface area (Å²) in [4.78, 5) is 4.27. The van der Waals surface area contributed by atoms with Crippen LogP contribution in [0.15, 0.2) is 41.0 Å². The summed E-state index contributed by atoms with van der Waals surface area (Å²) in [5.41, 5.74) is 1.83. The Bertz CT molecular complexity index is 584. The van der Waals surface area contributed by atoms with Gasteiger partial charge in [-0.25, -0.2) is 0 Å². The number of halogens is 2. The zero-order valence-corrected chi connectivity index (χ0v) is 12.1. The molecule has 1 aromatic carbocycles. The van der Waals surface area contributed by atoms with Crippen LogP contribution in [0.4, 0.5) is 0 Å². The van der Waals surface area contributed by atoms with Crippen LogP contribution >= 0.6 is 27.5 Å². The number of hydrogen-bond donors (Lipinski definition) is 0. The molecule has 0 bridgehead atoms. The number of ether oxygens (including phenoxy) is 1. The molecule has 0 radical (unpaired) electrons. The minimum Gasteiger partial charge on any atom is -0.496 e. The van der Waals surface area contributed by atoms with Gasteiger partial charge in [-0.15, -0.1) is 0 Å². The number of nitrogens with zero attached hydrogens (tertiary/aromatic N) is 1. The molecular weight excluding hydrogens is 314 g/mol. The second-order valence-corrected chi connectivity index (χ2v) is 4.88. The van der Waals surface area contributed by atoms with Gasteiger partial charge >= 0.3 is 0 Å². The molecule has 0 aliphatic carbocycles. The molecule has 0 aliphatic heterocycles. The molecule has 92 valence electrons. The molecule has 1 heterocycles. The highest BCUT2D eigenvalue weighted by Crippen LogP contribution is 2.25. The fourth-order valence-electron chi connectivity index (χ4n) is 1.51. The van der Waals surface area contributed by atoms with E-state index in [-0.39, 0.29) is 0 Å². The lowest BCUT2D eigenvalue weighted by molar-refractivity contribution is 0.414. The molecule has 0 N–H and O–H groups in total. The first-order chi connectivity index (χ1) is 8.70. The maximum atomic E-state index is 5.91. The lowest BCUT2D eigenvalue weighted by Gasteiger charge is -2.05. The number of benzene rings is 1. The van der Waals surface area contributed by atoms with Crippen LogP contribution in [-0.4, -0.2) is 12.1 Å². The summed E-state index contributed by atoms with van der Waals surface area (Å²) in [5, 5.41) is 0.656. The monoisotopic (exact) mass is 323 g/mol. The van der Waals surface area contributed by atoms with E-state index in [4.69, 9.17) is 16.3 Å². The summed E-state index contributed by atoms with van der Waals surface area (Å²) in [6.07, 6.45) is 5.63. The summed E-state index contributed by atoms with van der Waals surface area (Å²) in [6.45, 7) is 0. The molecule has 0 saturated carbocycles. The average Bonchev–Trinajstić information content (AvgIpc) is 2.39. The molecule has 2 rings (SSSR count). The maximum absolute atomic E-state index is 5.91. The Kier molecular flexibility index (Phi) is 4.39. The number of hydrogen-bond acceptors (Lipinski definition) is 2. The van der Waals surface area contributed by atoms with Gasteiger partial charge in [-0.3, -0.25) is 4.98 Å². The summed E-state index contributed by atoms with van der Waals surface area (Å²) < 4.78 is 6.23. The molecular formula is C14H11BrClNO. The standard InChI is InChI=1S/C14H11BrClNO/c1-18-14-9-11(16)6-4-10(14)5-7-13-12(15)3-2-8-17-13/h2-9H,1H3. The van der Waals surface area contributed by atoms with E-state index < -0.39 is 0 Å². The molecule has 0 spiro atoms. The van der Waals surface area contributed by atoms with E-state index >= 15 is 0 Å². The second-order valence-electron chi connectivity index (χ2n) is 3.59. The Morgan fingerprint density at radius 1 is 1.28 bits per heavy atom. The van der Waals surface area contributed by atoms with Gasteiger partial charge in [0.2, 0.25) is 0 Å². The fraction of sp³-hybridized carbons (Fsp3) is 0.0714. The number of aromatic nitrogens is 1. The van der Waals surface area contributed by atoms with E-state index in [0.29, 0.717) is 5.02 Å². The molecule has 4 heteroatoms. The van der Waals surface area contributed by atoms with Crippen molar-refractivity contribution in [2.45, 2.75) is 0 Å². The second kappa shape index (κ2) is 6.03. The Balaban J connectivity index is 2.32. The molecule has 0 atom stereocenters. The van der Waals surface area contributed by atoms with E-state index in [2.05, 4.69) is 20.9 Å². The molecule has 1 aromatic heterocycles. The van der Waals surface area contributed by atoms with Crippen molar-refractivity contribution >= 4 is 39.7 Å². The zero-order valence-electron chi connectivity index (χ0n) is 9.73. The topological polar surface area (TPSA) is 22.1 Å². The highest BCUT2D eigenvalue weighted by atomic mass is 79.9. The molecule has 0 saturated heterocycles. The van der Waals surface area contributed by atoms with Crippen LogP contribution in [0.3, 0.4) is 0 Å². The highest BCUT2D eigenvalue weighted by molar-refractivity contribution is 9.10. The van der Waals surface area contributed by atoms with Crippen molar-refractivity contribution in [3.05, 3.63) is 57.3 Å². The first-order valence-corrected chi connectivity index (χ1v) is 6.50. The lowest BCUT2D eigenvalue weighted by atomic mass is 10.1. The summed E-state index contributed by atoms with van der Waals surface area (Å²) in [6, 6.07) is 9.36. The van der Waals surface area contributed by atoms with E-state index in [1.807, 2.05) is 36.4 Å². The van der Waals surface area contributed by atoms with Crippen LogP contribution in [0.5, 0.6) is 5.75 Å². The lowest BCUT2D eigenvalue weighted by Crippen LogP contribution is -1.87. The molecule has 0 unspecified atom stereocenters. The molecule has 18 heavy (non-hydrogen) atoms. The van der Waals surface area contributed by atoms with Crippen LogP contribution in [0.1, 0.15) is 11.3 Å². The summed E-state index contributed by atoms with van der Waals surface area (Å²) in [5.74, 6) is 0.741. The quantitative estimate of drug-likeness (QED) is 0.818. The minimum absolute atomic E-state index is 0.656. The van der Waals surface area contributed by atoms with Crippen molar-refractivity contribution in [2.24, 2.45) is 0 Å². The molecule has 0 fully saturated rings. The molecule has 2 aromatic rings. The van der Waals surface area contributed by atoms with E-state index in [0.717, 1.165) is 21.5 Å². The third-order valence-corrected chi connectivity index (χ3v) is 3.31. The SMILES string of the molecule is COc1cc(Cl)ccc1C=Cc1ncccc1Br. The van der Waals surface area contributed by atoms with Crippen molar-refractivity contribution in [3.63, 3.8) is 0 Å². The van der Waals surface area contributed by atoms with Crippen molar-refractivity contribution in [1.29, 1.82) is 0 Å². The summed E-state index contributed by atoms with van der Waals surface area (Å²) in [7, 11) is 1.62. The van der Waals surface area contributed by atoms with Crippen molar-refractivity contribution in [1.82, 2.24) is 4.98 Å². The molecule has 0 aliphatic rings. The average molecular weight is 325 g/mol.